The fraction of sp³-hybridized carbons (Fsp3) is 0.333. The molecule has 0 aliphatic carbocycles. The molecule has 1 aromatic carbocycles. The summed E-state index contributed by atoms with van der Waals surface area (Å²) in [5.41, 5.74) is 2.56. The van der Waals surface area contributed by atoms with Gasteiger partial charge in [0.1, 0.15) is 0 Å². The summed E-state index contributed by atoms with van der Waals surface area (Å²) in [7, 11) is 0. The van der Waals surface area contributed by atoms with Gasteiger partial charge in [0.2, 0.25) is 5.13 Å². The van der Waals surface area contributed by atoms with Crippen LogP contribution in [-0.2, 0) is 0 Å². The molecule has 0 radical (unpaired) electrons. The molecular weight excluding hydrogens is 262 g/mol. The van der Waals surface area contributed by atoms with Crippen LogP contribution in [0.4, 0.5) is 10.8 Å². The summed E-state index contributed by atoms with van der Waals surface area (Å²) in [5.74, 6) is -0.196. The van der Waals surface area contributed by atoms with Gasteiger partial charge < -0.3 is 5.32 Å². The third-order valence-electron chi connectivity index (χ3n) is 2.57. The van der Waals surface area contributed by atoms with Gasteiger partial charge in [0.25, 0.3) is 5.91 Å². The van der Waals surface area contributed by atoms with Gasteiger partial charge >= 0.3 is 0 Å². The number of nitrogens with zero attached hydrogens (tertiary/aromatic N) is 3. The molecule has 0 bridgehead atoms. The van der Waals surface area contributed by atoms with E-state index in [0.717, 1.165) is 35.7 Å². The van der Waals surface area contributed by atoms with Crippen LogP contribution < -0.4 is 10.6 Å². The molecule has 2 N–H and O–H groups in total. The Bertz CT molecular complexity index is 555. The maximum Gasteiger partial charge on any atom is 0.257 e. The van der Waals surface area contributed by atoms with Crippen LogP contribution in [0.3, 0.4) is 0 Å². The molecule has 1 amide bonds. The Morgan fingerprint density at radius 2 is 2.26 bits per heavy atom. The summed E-state index contributed by atoms with van der Waals surface area (Å²) in [6.45, 7) is 4.93. The minimum absolute atomic E-state index is 0.196. The van der Waals surface area contributed by atoms with Gasteiger partial charge in [0, 0.05) is 29.3 Å². The number of carbonyl (C=O) groups is 1. The topological polar surface area (TPSA) is 79.8 Å². The lowest BCUT2D eigenvalue weighted by atomic mass is 10.1. The Morgan fingerprint density at radius 1 is 1.42 bits per heavy atom. The normalized spacial score (nSPS) is 10.2. The van der Waals surface area contributed by atoms with Crippen molar-refractivity contribution in [2.75, 3.05) is 17.2 Å². The first kappa shape index (κ1) is 13.4. The van der Waals surface area contributed by atoms with Gasteiger partial charge in [0.15, 0.2) is 0 Å². The number of aryl methyl sites for hydroxylation is 1. The zero-order valence-electron chi connectivity index (χ0n) is 10.8. The Morgan fingerprint density at radius 3 is 2.89 bits per heavy atom. The standard InChI is InChI=1S/C12H15N5OS/c1-3-6-13-9-4-5-10(8(2)7-9)11(18)14-12-15-16-17-19-12/h4-5,7,13H,3,6H2,1-2H3,(H,14,15,17,18). The second-order valence-corrected chi connectivity index (χ2v) is 4.81. The number of anilines is 2. The quantitative estimate of drug-likeness (QED) is 0.876. The monoisotopic (exact) mass is 277 g/mol. The van der Waals surface area contributed by atoms with Gasteiger partial charge in [-0.15, -0.1) is 0 Å². The lowest BCUT2D eigenvalue weighted by Crippen LogP contribution is -2.13. The Labute approximate surface area is 115 Å². The molecule has 0 atom stereocenters. The van der Waals surface area contributed by atoms with Crippen molar-refractivity contribution in [1.82, 2.24) is 14.8 Å². The van der Waals surface area contributed by atoms with Crippen LogP contribution in [0.5, 0.6) is 0 Å². The fourth-order valence-corrected chi connectivity index (χ4v) is 2.01. The van der Waals surface area contributed by atoms with Crippen molar-refractivity contribution in [3.05, 3.63) is 29.3 Å². The molecule has 0 spiro atoms. The van der Waals surface area contributed by atoms with E-state index in [1.54, 1.807) is 6.07 Å². The number of benzene rings is 1. The highest BCUT2D eigenvalue weighted by Crippen LogP contribution is 2.17. The molecule has 0 unspecified atom stereocenters. The first-order valence-corrected chi connectivity index (χ1v) is 6.79. The zero-order chi connectivity index (χ0) is 13.7. The number of carbonyl (C=O) groups excluding carboxylic acids is 1. The van der Waals surface area contributed by atoms with Crippen molar-refractivity contribution >= 4 is 28.3 Å². The molecule has 0 saturated heterocycles. The van der Waals surface area contributed by atoms with Crippen LogP contribution in [-0.4, -0.2) is 27.3 Å². The summed E-state index contributed by atoms with van der Waals surface area (Å²) in [4.78, 5) is 12.0. The van der Waals surface area contributed by atoms with E-state index in [4.69, 9.17) is 0 Å². The average Bonchev–Trinajstić information content (AvgIpc) is 2.89. The van der Waals surface area contributed by atoms with E-state index in [1.165, 1.54) is 0 Å². The number of rotatable bonds is 5. The van der Waals surface area contributed by atoms with Crippen LogP contribution in [0, 0.1) is 6.92 Å². The summed E-state index contributed by atoms with van der Waals surface area (Å²) in [6, 6.07) is 5.66. The highest BCUT2D eigenvalue weighted by molar-refractivity contribution is 7.09. The number of hydrogen-bond acceptors (Lipinski definition) is 6. The van der Waals surface area contributed by atoms with Crippen molar-refractivity contribution in [3.63, 3.8) is 0 Å². The molecule has 0 fully saturated rings. The van der Waals surface area contributed by atoms with Crippen LogP contribution in [0.2, 0.25) is 0 Å². The number of amides is 1. The number of nitrogens with one attached hydrogen (secondary N) is 2. The molecule has 2 aromatic rings. The minimum atomic E-state index is -0.196. The largest absolute Gasteiger partial charge is 0.385 e. The van der Waals surface area contributed by atoms with Crippen LogP contribution in [0.1, 0.15) is 29.3 Å². The maximum absolute atomic E-state index is 12.0. The Kier molecular flexibility index (Phi) is 4.40. The predicted molar refractivity (Wildman–Crippen MR) is 75.6 cm³/mol. The summed E-state index contributed by atoms with van der Waals surface area (Å²) in [5, 5.41) is 13.5. The van der Waals surface area contributed by atoms with E-state index in [-0.39, 0.29) is 5.91 Å². The van der Waals surface area contributed by atoms with Crippen molar-refractivity contribution in [2.24, 2.45) is 0 Å². The first-order chi connectivity index (χ1) is 9.20. The molecule has 2 rings (SSSR count). The predicted octanol–water partition coefficient (Wildman–Crippen LogP) is 2.32. The lowest BCUT2D eigenvalue weighted by molar-refractivity contribution is 0.102. The first-order valence-electron chi connectivity index (χ1n) is 6.01. The van der Waals surface area contributed by atoms with Crippen LogP contribution >= 0.6 is 11.5 Å². The Hall–Kier alpha value is -2.02. The van der Waals surface area contributed by atoms with Crippen molar-refractivity contribution in [1.29, 1.82) is 0 Å². The molecule has 100 valence electrons. The molecule has 7 heteroatoms. The zero-order valence-corrected chi connectivity index (χ0v) is 11.6. The van der Waals surface area contributed by atoms with E-state index >= 15 is 0 Å². The number of aromatic nitrogens is 3. The summed E-state index contributed by atoms with van der Waals surface area (Å²) < 4.78 is 3.60. The molecule has 0 aliphatic heterocycles. The third kappa shape index (κ3) is 3.47. The fourth-order valence-electron chi connectivity index (χ4n) is 1.64. The Balaban J connectivity index is 2.09. The van der Waals surface area contributed by atoms with E-state index < -0.39 is 0 Å². The van der Waals surface area contributed by atoms with Gasteiger partial charge in [0.05, 0.1) is 0 Å². The van der Waals surface area contributed by atoms with Gasteiger partial charge in [-0.2, -0.15) is 0 Å². The molecule has 1 aromatic heterocycles. The van der Waals surface area contributed by atoms with E-state index in [1.807, 2.05) is 19.1 Å². The van der Waals surface area contributed by atoms with Crippen molar-refractivity contribution < 1.29 is 4.79 Å². The average molecular weight is 277 g/mol. The van der Waals surface area contributed by atoms with E-state index in [9.17, 15) is 4.79 Å². The highest BCUT2D eigenvalue weighted by Gasteiger charge is 2.11. The smallest absolute Gasteiger partial charge is 0.257 e. The molecule has 19 heavy (non-hydrogen) atoms. The molecule has 1 heterocycles. The van der Waals surface area contributed by atoms with Gasteiger partial charge in [-0.05, 0) is 42.3 Å². The molecule has 0 aliphatic rings. The lowest BCUT2D eigenvalue weighted by Gasteiger charge is -2.09. The van der Waals surface area contributed by atoms with Crippen LogP contribution in [0.15, 0.2) is 18.2 Å². The minimum Gasteiger partial charge on any atom is -0.385 e. The second kappa shape index (κ2) is 6.24. The SMILES string of the molecule is CCCNc1ccc(C(=O)Nc2nnns2)c(C)c1. The van der Waals surface area contributed by atoms with Gasteiger partial charge in [-0.1, -0.05) is 16.5 Å². The van der Waals surface area contributed by atoms with Gasteiger partial charge in [-0.3, -0.25) is 10.1 Å². The molecule has 0 saturated carbocycles. The van der Waals surface area contributed by atoms with Crippen molar-refractivity contribution in [3.8, 4) is 0 Å². The highest BCUT2D eigenvalue weighted by atomic mass is 32.1. The van der Waals surface area contributed by atoms with Crippen molar-refractivity contribution in [2.45, 2.75) is 20.3 Å². The van der Waals surface area contributed by atoms with Gasteiger partial charge in [-0.25, -0.2) is 0 Å². The summed E-state index contributed by atoms with van der Waals surface area (Å²) in [6.07, 6.45) is 1.06. The van der Waals surface area contributed by atoms with E-state index in [0.29, 0.717) is 10.7 Å². The third-order valence-corrected chi connectivity index (χ3v) is 3.08. The maximum atomic E-state index is 12.0. The molecule has 6 nitrogen and oxygen atoms in total. The second-order valence-electron chi connectivity index (χ2n) is 4.08. The molecular formula is C12H15N5OS. The summed E-state index contributed by atoms with van der Waals surface area (Å²) >= 11 is 1.05. The number of hydrogen-bond donors (Lipinski definition) is 2. The van der Waals surface area contributed by atoms with E-state index in [2.05, 4.69) is 32.4 Å². The van der Waals surface area contributed by atoms with Crippen LogP contribution in [0.25, 0.3) is 0 Å².